The van der Waals surface area contributed by atoms with Crippen LogP contribution in [0.25, 0.3) is 0 Å². The molecule has 2 N–H and O–H groups in total. The van der Waals surface area contributed by atoms with E-state index in [0.29, 0.717) is 0 Å². The number of hydrogen-bond donors (Lipinski definition) is 2. The van der Waals surface area contributed by atoms with Gasteiger partial charge in [0.15, 0.2) is 0 Å². The summed E-state index contributed by atoms with van der Waals surface area (Å²) in [6, 6.07) is 3.77. The number of thiophene rings is 1. The minimum atomic E-state index is -0.0132. The standard InChI is InChI=1S/C10H14N2O2S/c1-14-8-6-11-5-7(8)12-10(13)9-3-2-4-15-9/h2-4,7-8,11H,5-6H2,1H3,(H,12,13)/t7?,8-/m0/s1. The van der Waals surface area contributed by atoms with Crippen LogP contribution in [0, 0.1) is 0 Å². The van der Waals surface area contributed by atoms with Gasteiger partial charge in [-0.05, 0) is 11.4 Å². The maximum atomic E-state index is 11.7. The van der Waals surface area contributed by atoms with Crippen molar-refractivity contribution in [3.63, 3.8) is 0 Å². The third-order valence-corrected chi connectivity index (χ3v) is 3.39. The summed E-state index contributed by atoms with van der Waals surface area (Å²) >= 11 is 1.45. The lowest BCUT2D eigenvalue weighted by molar-refractivity contribution is 0.0783. The van der Waals surface area contributed by atoms with Crippen LogP contribution in [-0.2, 0) is 4.74 Å². The van der Waals surface area contributed by atoms with Crippen molar-refractivity contribution in [2.75, 3.05) is 20.2 Å². The molecule has 0 saturated carbocycles. The zero-order valence-corrected chi connectivity index (χ0v) is 9.34. The third-order valence-electron chi connectivity index (χ3n) is 2.52. The second-order valence-electron chi connectivity index (χ2n) is 3.49. The van der Waals surface area contributed by atoms with Gasteiger partial charge >= 0.3 is 0 Å². The Labute approximate surface area is 92.6 Å². The van der Waals surface area contributed by atoms with Crippen LogP contribution in [-0.4, -0.2) is 38.3 Å². The van der Waals surface area contributed by atoms with E-state index in [4.69, 9.17) is 4.74 Å². The maximum Gasteiger partial charge on any atom is 0.261 e. The quantitative estimate of drug-likeness (QED) is 0.787. The topological polar surface area (TPSA) is 50.4 Å². The summed E-state index contributed by atoms with van der Waals surface area (Å²) in [6.07, 6.45) is 0.0777. The summed E-state index contributed by atoms with van der Waals surface area (Å²) < 4.78 is 5.27. The van der Waals surface area contributed by atoms with Crippen LogP contribution in [0.15, 0.2) is 17.5 Å². The van der Waals surface area contributed by atoms with Gasteiger partial charge in [0.25, 0.3) is 5.91 Å². The lowest BCUT2D eigenvalue weighted by Crippen LogP contribution is -2.43. The number of rotatable bonds is 3. The van der Waals surface area contributed by atoms with E-state index in [2.05, 4.69) is 10.6 Å². The van der Waals surface area contributed by atoms with Crippen molar-refractivity contribution in [3.8, 4) is 0 Å². The van der Waals surface area contributed by atoms with E-state index in [-0.39, 0.29) is 18.1 Å². The molecule has 0 bridgehead atoms. The largest absolute Gasteiger partial charge is 0.378 e. The average molecular weight is 226 g/mol. The number of carbonyl (C=O) groups is 1. The molecule has 1 unspecified atom stereocenters. The molecule has 1 saturated heterocycles. The zero-order chi connectivity index (χ0) is 10.7. The monoisotopic (exact) mass is 226 g/mol. The van der Waals surface area contributed by atoms with Crippen molar-refractivity contribution in [2.45, 2.75) is 12.1 Å². The molecule has 1 aliphatic heterocycles. The Hall–Kier alpha value is -0.910. The second kappa shape index (κ2) is 4.74. The summed E-state index contributed by atoms with van der Waals surface area (Å²) in [5.74, 6) is -0.0132. The highest BCUT2D eigenvalue weighted by Crippen LogP contribution is 2.10. The normalized spacial score (nSPS) is 25.4. The van der Waals surface area contributed by atoms with E-state index in [9.17, 15) is 4.79 Å². The van der Waals surface area contributed by atoms with Crippen LogP contribution in [0.4, 0.5) is 0 Å². The first-order valence-corrected chi connectivity index (χ1v) is 5.77. The van der Waals surface area contributed by atoms with Crippen LogP contribution >= 0.6 is 11.3 Å². The number of methoxy groups -OCH3 is 1. The van der Waals surface area contributed by atoms with E-state index >= 15 is 0 Å². The lowest BCUT2D eigenvalue weighted by Gasteiger charge is -2.17. The second-order valence-corrected chi connectivity index (χ2v) is 4.44. The molecule has 2 heterocycles. The molecule has 1 aliphatic rings. The Balaban J connectivity index is 1.94. The minimum absolute atomic E-state index is 0.0132. The molecule has 2 atom stereocenters. The van der Waals surface area contributed by atoms with Crippen molar-refractivity contribution in [1.82, 2.24) is 10.6 Å². The van der Waals surface area contributed by atoms with Gasteiger partial charge in [-0.2, -0.15) is 0 Å². The number of carbonyl (C=O) groups excluding carboxylic acids is 1. The number of amides is 1. The van der Waals surface area contributed by atoms with Crippen molar-refractivity contribution in [3.05, 3.63) is 22.4 Å². The Morgan fingerprint density at radius 1 is 1.67 bits per heavy atom. The first-order valence-electron chi connectivity index (χ1n) is 4.89. The predicted molar refractivity (Wildman–Crippen MR) is 59.2 cm³/mol. The molecule has 15 heavy (non-hydrogen) atoms. The van der Waals surface area contributed by atoms with Gasteiger partial charge in [0.05, 0.1) is 17.0 Å². The maximum absolute atomic E-state index is 11.7. The van der Waals surface area contributed by atoms with E-state index in [1.54, 1.807) is 7.11 Å². The fourth-order valence-electron chi connectivity index (χ4n) is 1.69. The van der Waals surface area contributed by atoms with Gasteiger partial charge < -0.3 is 15.4 Å². The van der Waals surface area contributed by atoms with Gasteiger partial charge in [0, 0.05) is 20.2 Å². The molecule has 1 amide bonds. The van der Waals surface area contributed by atoms with Gasteiger partial charge in [-0.15, -0.1) is 11.3 Å². The zero-order valence-electron chi connectivity index (χ0n) is 8.53. The molecular weight excluding hydrogens is 212 g/mol. The van der Waals surface area contributed by atoms with Crippen molar-refractivity contribution >= 4 is 17.2 Å². The minimum Gasteiger partial charge on any atom is -0.378 e. The highest BCUT2D eigenvalue weighted by atomic mass is 32.1. The molecule has 1 aromatic rings. The summed E-state index contributed by atoms with van der Waals surface area (Å²) in [6.45, 7) is 1.57. The van der Waals surface area contributed by atoms with E-state index < -0.39 is 0 Å². The van der Waals surface area contributed by atoms with E-state index in [0.717, 1.165) is 18.0 Å². The lowest BCUT2D eigenvalue weighted by atomic mass is 10.2. The summed E-state index contributed by atoms with van der Waals surface area (Å²) in [5, 5.41) is 8.05. The van der Waals surface area contributed by atoms with Gasteiger partial charge in [-0.3, -0.25) is 4.79 Å². The fourth-order valence-corrected chi connectivity index (χ4v) is 2.32. The van der Waals surface area contributed by atoms with Gasteiger partial charge in [-0.25, -0.2) is 0 Å². The predicted octanol–water partition coefficient (Wildman–Crippen LogP) is 0.465. The molecule has 0 radical (unpaired) electrons. The SMILES string of the molecule is CO[C@H]1CNCC1NC(=O)c1cccs1. The average Bonchev–Trinajstić information content (AvgIpc) is 2.87. The smallest absolute Gasteiger partial charge is 0.261 e. The number of hydrogen-bond acceptors (Lipinski definition) is 4. The molecule has 4 nitrogen and oxygen atoms in total. The molecule has 0 spiro atoms. The first-order chi connectivity index (χ1) is 7.31. The molecule has 2 rings (SSSR count). The summed E-state index contributed by atoms with van der Waals surface area (Å²) in [5.41, 5.74) is 0. The Morgan fingerprint density at radius 3 is 3.20 bits per heavy atom. The van der Waals surface area contributed by atoms with Gasteiger partial charge in [0.1, 0.15) is 0 Å². The van der Waals surface area contributed by atoms with Crippen LogP contribution in [0.5, 0.6) is 0 Å². The molecule has 82 valence electrons. The summed E-state index contributed by atoms with van der Waals surface area (Å²) in [7, 11) is 1.67. The Bertz CT molecular complexity index is 326. The Kier molecular flexibility index (Phi) is 3.35. The fraction of sp³-hybridized carbons (Fsp3) is 0.500. The molecule has 0 aromatic carbocycles. The molecule has 0 aliphatic carbocycles. The number of nitrogens with one attached hydrogen (secondary N) is 2. The molecule has 5 heteroatoms. The summed E-state index contributed by atoms with van der Waals surface area (Å²) in [4.78, 5) is 12.5. The van der Waals surface area contributed by atoms with Gasteiger partial charge in [0.2, 0.25) is 0 Å². The van der Waals surface area contributed by atoms with Crippen molar-refractivity contribution in [1.29, 1.82) is 0 Å². The van der Waals surface area contributed by atoms with Crippen molar-refractivity contribution < 1.29 is 9.53 Å². The first kappa shape index (κ1) is 10.6. The van der Waals surface area contributed by atoms with Gasteiger partial charge in [-0.1, -0.05) is 6.07 Å². The highest BCUT2D eigenvalue weighted by molar-refractivity contribution is 7.12. The number of ether oxygens (including phenoxy) is 1. The Morgan fingerprint density at radius 2 is 2.53 bits per heavy atom. The highest BCUT2D eigenvalue weighted by Gasteiger charge is 2.28. The molecule has 1 aromatic heterocycles. The van der Waals surface area contributed by atoms with Crippen molar-refractivity contribution in [2.24, 2.45) is 0 Å². The van der Waals surface area contributed by atoms with E-state index in [1.807, 2.05) is 17.5 Å². The van der Waals surface area contributed by atoms with E-state index in [1.165, 1.54) is 11.3 Å². The van der Waals surface area contributed by atoms with Crippen LogP contribution < -0.4 is 10.6 Å². The molecular formula is C10H14N2O2S. The van der Waals surface area contributed by atoms with Crippen LogP contribution in [0.3, 0.4) is 0 Å². The molecule has 1 fully saturated rings. The van der Waals surface area contributed by atoms with Crippen LogP contribution in [0.1, 0.15) is 9.67 Å². The van der Waals surface area contributed by atoms with Crippen LogP contribution in [0.2, 0.25) is 0 Å². The third kappa shape index (κ3) is 2.37.